The summed E-state index contributed by atoms with van der Waals surface area (Å²) in [6, 6.07) is 18.3. The Morgan fingerprint density at radius 2 is 1.84 bits per heavy atom. The second-order valence-electron chi connectivity index (χ2n) is 6.71. The minimum Gasteiger partial charge on any atom is -0.495 e. The van der Waals surface area contributed by atoms with Crippen LogP contribution in [-0.2, 0) is 0 Å². The van der Waals surface area contributed by atoms with Crippen LogP contribution in [0.25, 0.3) is 26.8 Å². The zero-order valence-corrected chi connectivity index (χ0v) is 18.4. The molecule has 3 aromatic carbocycles. The highest BCUT2D eigenvalue weighted by atomic mass is 35.5. The van der Waals surface area contributed by atoms with Crippen molar-refractivity contribution in [1.29, 1.82) is 0 Å². The number of nitrogens with zero attached hydrogens (tertiary/aromatic N) is 3. The summed E-state index contributed by atoms with van der Waals surface area (Å²) >= 11 is 14.0. The van der Waals surface area contributed by atoms with Crippen molar-refractivity contribution < 1.29 is 9.53 Å². The van der Waals surface area contributed by atoms with Crippen molar-refractivity contribution in [2.75, 3.05) is 12.4 Å². The number of fused-ring (bicyclic) bond motifs is 2. The lowest BCUT2D eigenvalue weighted by atomic mass is 10.2. The molecule has 0 spiro atoms. The summed E-state index contributed by atoms with van der Waals surface area (Å²) < 4.78 is 6.15. The molecule has 0 aliphatic rings. The van der Waals surface area contributed by atoms with Crippen molar-refractivity contribution in [2.24, 2.45) is 0 Å². The molecule has 0 radical (unpaired) electrons. The van der Waals surface area contributed by atoms with Crippen LogP contribution in [0.15, 0.2) is 60.7 Å². The van der Waals surface area contributed by atoms with Crippen LogP contribution in [-0.4, -0.2) is 28.0 Å². The van der Waals surface area contributed by atoms with Crippen LogP contribution in [0, 0.1) is 0 Å². The summed E-state index contributed by atoms with van der Waals surface area (Å²) in [5.74, 6) is 0.312. The number of hydrogen-bond donors (Lipinski definition) is 1. The van der Waals surface area contributed by atoms with E-state index in [0.717, 1.165) is 10.1 Å². The molecule has 154 valence electrons. The van der Waals surface area contributed by atoms with Crippen molar-refractivity contribution in [3.63, 3.8) is 0 Å². The van der Waals surface area contributed by atoms with Gasteiger partial charge < -0.3 is 10.1 Å². The summed E-state index contributed by atoms with van der Waals surface area (Å²) in [5, 5.41) is 13.7. The van der Waals surface area contributed by atoms with Gasteiger partial charge in [-0.3, -0.25) is 4.79 Å². The van der Waals surface area contributed by atoms with Gasteiger partial charge in [-0.05, 0) is 42.5 Å². The van der Waals surface area contributed by atoms with Crippen LogP contribution in [0.5, 0.6) is 5.75 Å². The number of hydrogen-bond acceptors (Lipinski definition) is 5. The number of anilines is 1. The number of amides is 1. The van der Waals surface area contributed by atoms with Gasteiger partial charge in [-0.15, -0.1) is 21.5 Å². The minimum absolute atomic E-state index is 0.264. The van der Waals surface area contributed by atoms with Crippen LogP contribution >= 0.6 is 34.5 Å². The zero-order chi connectivity index (χ0) is 21.5. The second-order valence-corrected chi connectivity index (χ2v) is 8.54. The third-order valence-electron chi connectivity index (χ3n) is 4.75. The SMILES string of the molecule is COc1ccc(-n2nc3ccc(NC(=O)c4sc5ccccc5c4Cl)cc3n2)cc1Cl. The molecular formula is C22H14Cl2N4O2S. The van der Waals surface area contributed by atoms with Crippen LogP contribution < -0.4 is 10.1 Å². The first-order chi connectivity index (χ1) is 15.0. The quantitative estimate of drug-likeness (QED) is 0.340. The Bertz CT molecular complexity index is 1460. The van der Waals surface area contributed by atoms with E-state index in [9.17, 15) is 4.79 Å². The van der Waals surface area contributed by atoms with Crippen molar-refractivity contribution in [2.45, 2.75) is 0 Å². The number of nitrogens with one attached hydrogen (secondary N) is 1. The molecule has 9 heteroatoms. The van der Waals surface area contributed by atoms with Gasteiger partial charge in [0.1, 0.15) is 21.7 Å². The van der Waals surface area contributed by atoms with Gasteiger partial charge in [0.2, 0.25) is 0 Å². The lowest BCUT2D eigenvalue weighted by Gasteiger charge is -2.04. The fraction of sp³-hybridized carbons (Fsp3) is 0.0455. The van der Waals surface area contributed by atoms with Gasteiger partial charge in [-0.2, -0.15) is 4.80 Å². The largest absolute Gasteiger partial charge is 0.495 e. The predicted octanol–water partition coefficient (Wildman–Crippen LogP) is 6.20. The number of ether oxygens (including phenoxy) is 1. The summed E-state index contributed by atoms with van der Waals surface area (Å²) in [6.45, 7) is 0. The first-order valence-corrected chi connectivity index (χ1v) is 10.8. The Morgan fingerprint density at radius 3 is 2.61 bits per heavy atom. The normalized spacial score (nSPS) is 11.2. The molecule has 2 heterocycles. The zero-order valence-electron chi connectivity index (χ0n) is 16.1. The van der Waals surface area contributed by atoms with Crippen LogP contribution in [0.3, 0.4) is 0 Å². The van der Waals surface area contributed by atoms with Gasteiger partial charge in [-0.1, -0.05) is 41.4 Å². The first kappa shape index (κ1) is 19.8. The highest BCUT2D eigenvalue weighted by Gasteiger charge is 2.17. The van der Waals surface area contributed by atoms with Crippen molar-refractivity contribution >= 4 is 67.3 Å². The molecule has 1 N–H and O–H groups in total. The van der Waals surface area contributed by atoms with E-state index in [2.05, 4.69) is 15.5 Å². The summed E-state index contributed by atoms with van der Waals surface area (Å²) in [5.41, 5.74) is 2.62. The maximum absolute atomic E-state index is 12.8. The number of rotatable bonds is 4. The number of benzene rings is 3. The molecule has 0 aliphatic heterocycles. The third kappa shape index (κ3) is 3.61. The summed E-state index contributed by atoms with van der Waals surface area (Å²) in [7, 11) is 1.56. The van der Waals surface area contributed by atoms with Crippen LogP contribution in [0.4, 0.5) is 5.69 Å². The predicted molar refractivity (Wildman–Crippen MR) is 125 cm³/mol. The van der Waals surface area contributed by atoms with Crippen LogP contribution in [0.1, 0.15) is 9.67 Å². The molecule has 5 rings (SSSR count). The van der Waals surface area contributed by atoms with E-state index in [1.165, 1.54) is 16.1 Å². The summed E-state index contributed by atoms with van der Waals surface area (Å²) in [4.78, 5) is 14.8. The lowest BCUT2D eigenvalue weighted by molar-refractivity contribution is 0.103. The van der Waals surface area contributed by atoms with Gasteiger partial charge in [-0.25, -0.2) is 0 Å². The standard InChI is InChI=1S/C22H14Cl2N4O2S/c1-30-18-9-7-13(11-15(18)23)28-26-16-8-6-12(10-17(16)27-28)25-22(29)21-20(24)14-4-2-3-5-19(14)31-21/h2-11H,1H3,(H,25,29). The van der Waals surface area contributed by atoms with E-state index >= 15 is 0 Å². The van der Waals surface area contributed by atoms with Gasteiger partial charge in [0.15, 0.2) is 0 Å². The fourth-order valence-corrected chi connectivity index (χ4v) is 4.90. The van der Waals surface area contributed by atoms with Crippen LogP contribution in [0.2, 0.25) is 10.0 Å². The molecule has 0 bridgehead atoms. The maximum Gasteiger partial charge on any atom is 0.267 e. The maximum atomic E-state index is 12.8. The summed E-state index contributed by atoms with van der Waals surface area (Å²) in [6.07, 6.45) is 0. The Hall–Kier alpha value is -3.13. The highest BCUT2D eigenvalue weighted by molar-refractivity contribution is 7.21. The van der Waals surface area contributed by atoms with E-state index < -0.39 is 0 Å². The minimum atomic E-state index is -0.264. The van der Waals surface area contributed by atoms with E-state index in [1.807, 2.05) is 30.3 Å². The average Bonchev–Trinajstić information content (AvgIpc) is 3.35. The lowest BCUT2D eigenvalue weighted by Crippen LogP contribution is -2.10. The third-order valence-corrected chi connectivity index (χ3v) is 6.72. The van der Waals surface area contributed by atoms with E-state index in [-0.39, 0.29) is 5.91 Å². The Balaban J connectivity index is 1.44. The van der Waals surface area contributed by atoms with E-state index in [1.54, 1.807) is 37.4 Å². The van der Waals surface area contributed by atoms with Gasteiger partial charge in [0.25, 0.3) is 5.91 Å². The molecule has 0 aliphatic carbocycles. The Labute approximate surface area is 191 Å². The average molecular weight is 469 g/mol. The molecule has 0 saturated carbocycles. The first-order valence-electron chi connectivity index (χ1n) is 9.23. The molecule has 1 amide bonds. The second kappa shape index (κ2) is 7.85. The molecule has 0 atom stereocenters. The number of carbonyl (C=O) groups excluding carboxylic acids is 1. The molecule has 31 heavy (non-hydrogen) atoms. The van der Waals surface area contributed by atoms with Crippen molar-refractivity contribution in [1.82, 2.24) is 15.0 Å². The molecular weight excluding hydrogens is 455 g/mol. The smallest absolute Gasteiger partial charge is 0.267 e. The number of aromatic nitrogens is 3. The number of halogens is 2. The molecule has 5 aromatic rings. The molecule has 0 fully saturated rings. The number of methoxy groups -OCH3 is 1. The van der Waals surface area contributed by atoms with Gasteiger partial charge >= 0.3 is 0 Å². The van der Waals surface area contributed by atoms with Crippen molar-refractivity contribution in [3.8, 4) is 11.4 Å². The monoisotopic (exact) mass is 468 g/mol. The van der Waals surface area contributed by atoms with Gasteiger partial charge in [0.05, 0.1) is 22.8 Å². The topological polar surface area (TPSA) is 69.0 Å². The number of carbonyl (C=O) groups is 1. The number of thiophene rings is 1. The fourth-order valence-electron chi connectivity index (χ4n) is 3.24. The molecule has 2 aromatic heterocycles. The van der Waals surface area contributed by atoms with E-state index in [4.69, 9.17) is 27.9 Å². The molecule has 0 saturated heterocycles. The van der Waals surface area contributed by atoms with E-state index in [0.29, 0.717) is 43.1 Å². The Kier molecular flexibility index (Phi) is 5.02. The van der Waals surface area contributed by atoms with Gasteiger partial charge in [0, 0.05) is 15.8 Å². The molecule has 6 nitrogen and oxygen atoms in total. The Morgan fingerprint density at radius 1 is 1.03 bits per heavy atom. The van der Waals surface area contributed by atoms with Crippen molar-refractivity contribution in [3.05, 3.63) is 75.6 Å². The highest BCUT2D eigenvalue weighted by Crippen LogP contribution is 2.35. The molecule has 0 unspecified atom stereocenters.